The van der Waals surface area contributed by atoms with Crippen LogP contribution in [0, 0.1) is 11.3 Å². The van der Waals surface area contributed by atoms with Gasteiger partial charge in [0.2, 0.25) is 23.6 Å². The van der Waals surface area contributed by atoms with Crippen LogP contribution in [0.1, 0.15) is 74.7 Å². The molecule has 2 aromatic carbocycles. The van der Waals surface area contributed by atoms with Crippen LogP contribution >= 0.6 is 0 Å². The van der Waals surface area contributed by atoms with Gasteiger partial charge in [0, 0.05) is 17.7 Å². The Morgan fingerprint density at radius 2 is 1.90 bits per heavy atom. The van der Waals surface area contributed by atoms with Crippen LogP contribution in [0.5, 0.6) is 5.75 Å². The molecule has 0 saturated carbocycles. The number of hydrogen-bond acceptors (Lipinski definition) is 12. The molecule has 14 nitrogen and oxygen atoms in total. The van der Waals surface area contributed by atoms with Gasteiger partial charge in [0.1, 0.15) is 47.9 Å². The van der Waals surface area contributed by atoms with Gasteiger partial charge in [0.25, 0.3) is 0 Å². The molecule has 5 heterocycles. The molecule has 262 valence electrons. The number of methoxy groups -OCH3 is 1. The van der Waals surface area contributed by atoms with Gasteiger partial charge < -0.3 is 44.1 Å². The number of aliphatic hydroxyl groups is 1. The number of aromatic nitrogens is 2. The molecule has 5 atom stereocenters. The van der Waals surface area contributed by atoms with Gasteiger partial charge in [-0.3, -0.25) is 9.59 Å². The Balaban J connectivity index is 1.45. The van der Waals surface area contributed by atoms with E-state index in [2.05, 4.69) is 25.7 Å². The number of para-hydroxylation sites is 1. The molecule has 1 unspecified atom stereocenters. The summed E-state index contributed by atoms with van der Waals surface area (Å²) in [5.41, 5.74) is 2.02. The number of aliphatic hydroxyl groups excluding tert-OH is 1. The summed E-state index contributed by atoms with van der Waals surface area (Å²) in [7, 11) is 1.21. The fourth-order valence-corrected chi connectivity index (χ4v) is 6.80. The molecule has 2 amide bonds. The van der Waals surface area contributed by atoms with E-state index in [1.807, 2.05) is 63.2 Å². The van der Waals surface area contributed by atoms with Crippen molar-refractivity contribution < 1.29 is 42.5 Å². The van der Waals surface area contributed by atoms with Crippen molar-refractivity contribution >= 4 is 23.7 Å². The van der Waals surface area contributed by atoms with Crippen LogP contribution < -0.4 is 20.7 Å². The smallest absolute Gasteiger partial charge is 0.469 e. The van der Waals surface area contributed by atoms with Gasteiger partial charge in [-0.15, -0.1) is 0 Å². The average molecular weight is 686 g/mol. The second kappa shape index (κ2) is 12.2. The molecule has 7 rings (SSSR count). The third kappa shape index (κ3) is 5.43. The topological polar surface area (TPSA) is 187 Å². The zero-order valence-electron chi connectivity index (χ0n) is 28.5. The van der Waals surface area contributed by atoms with Crippen LogP contribution in [0.15, 0.2) is 57.6 Å². The number of nitrogens with one attached hydrogen (secondary N) is 3. The van der Waals surface area contributed by atoms with Gasteiger partial charge in [-0.25, -0.2) is 14.8 Å². The molecule has 2 aromatic heterocycles. The number of anilines is 1. The Hall–Kier alpha value is -5.37. The standard InChI is InChI=1S/C36H39N5O9/c1-17(2)26(42)30(44)38-23-14-18-11-12-24-21(13-18)36(20-9-7-8-10-22(20)39-33(36)49-24)28-25(31-37-19(15-47-31)16-48-34(45)46-6)40-32(50-28)27(35(3,4)5)41-29(23)43/h7-13,15,17,23,26-27,33,39,42H,14,16H2,1-6H3,(H,38,44)(H,41,43)/t23-,26-,27+,33-,36?/m0/s1. The van der Waals surface area contributed by atoms with E-state index in [-0.39, 0.29) is 36.4 Å². The highest BCUT2D eigenvalue weighted by Crippen LogP contribution is 2.59. The minimum Gasteiger partial charge on any atom is -0.469 e. The quantitative estimate of drug-likeness (QED) is 0.211. The van der Waals surface area contributed by atoms with Crippen LogP contribution in [0.2, 0.25) is 0 Å². The first kappa shape index (κ1) is 33.1. The zero-order chi connectivity index (χ0) is 35.5. The molecule has 50 heavy (non-hydrogen) atoms. The van der Waals surface area contributed by atoms with Crippen LogP contribution in [0.3, 0.4) is 0 Å². The average Bonchev–Trinajstić information content (AvgIpc) is 3.85. The van der Waals surface area contributed by atoms with Gasteiger partial charge in [-0.05, 0) is 34.6 Å². The summed E-state index contributed by atoms with van der Waals surface area (Å²) in [5.74, 6) is -0.241. The normalized spacial score (nSPS) is 22.6. The highest BCUT2D eigenvalue weighted by molar-refractivity contribution is 5.90. The molecule has 14 heteroatoms. The number of benzene rings is 2. The first-order valence-corrected chi connectivity index (χ1v) is 16.4. The van der Waals surface area contributed by atoms with Gasteiger partial charge in [-0.2, -0.15) is 0 Å². The minimum atomic E-state index is -1.30. The predicted molar refractivity (Wildman–Crippen MR) is 177 cm³/mol. The lowest BCUT2D eigenvalue weighted by Crippen LogP contribution is -2.53. The highest BCUT2D eigenvalue weighted by Gasteiger charge is 2.61. The van der Waals surface area contributed by atoms with Crippen molar-refractivity contribution in [3.05, 3.63) is 82.8 Å². The summed E-state index contributed by atoms with van der Waals surface area (Å²) in [6, 6.07) is 11.6. The first-order chi connectivity index (χ1) is 23.8. The van der Waals surface area contributed by atoms with Crippen molar-refractivity contribution in [2.24, 2.45) is 11.3 Å². The summed E-state index contributed by atoms with van der Waals surface area (Å²) in [5, 5.41) is 19.9. The van der Waals surface area contributed by atoms with Crippen molar-refractivity contribution in [3.8, 4) is 17.3 Å². The second-order valence-electron chi connectivity index (χ2n) is 14.2. The molecule has 0 radical (unpaired) electrons. The van der Waals surface area contributed by atoms with Gasteiger partial charge in [0.15, 0.2) is 17.7 Å². The number of amides is 2. The first-order valence-electron chi connectivity index (χ1n) is 16.4. The maximum atomic E-state index is 14.1. The molecule has 0 aliphatic carbocycles. The van der Waals surface area contributed by atoms with Crippen LogP contribution in [0.25, 0.3) is 11.6 Å². The number of carbonyl (C=O) groups is 3. The Morgan fingerprint density at radius 3 is 2.64 bits per heavy atom. The third-order valence-corrected chi connectivity index (χ3v) is 9.38. The molecule has 4 N–H and O–H groups in total. The SMILES string of the molecule is COC(=O)OCc1coc(-c2nc3oc2C24c5ccccc5N[C@H]2Oc2ccc(cc24)C[C@H](NC(=O)[C@@H](O)C(C)C)C(=O)N[C@H]3C(C)(C)C)n1. The maximum absolute atomic E-state index is 14.1. The number of oxazole rings is 2. The number of ether oxygens (including phenoxy) is 3. The highest BCUT2D eigenvalue weighted by atomic mass is 16.7. The molecule has 3 aliphatic heterocycles. The molecule has 4 bridgehead atoms. The number of hydrogen-bond donors (Lipinski definition) is 4. The number of fused-ring (bicyclic) bond motifs is 4. The van der Waals surface area contributed by atoms with Crippen molar-refractivity contribution in [3.63, 3.8) is 0 Å². The van der Waals surface area contributed by atoms with Crippen molar-refractivity contribution in [2.75, 3.05) is 12.4 Å². The maximum Gasteiger partial charge on any atom is 0.508 e. The summed E-state index contributed by atoms with van der Waals surface area (Å²) >= 11 is 0. The van der Waals surface area contributed by atoms with Crippen LogP contribution in [-0.2, 0) is 37.5 Å². The zero-order valence-corrected chi connectivity index (χ0v) is 28.5. The van der Waals surface area contributed by atoms with E-state index in [0.717, 1.165) is 22.4 Å². The summed E-state index contributed by atoms with van der Waals surface area (Å²) < 4.78 is 29.1. The Morgan fingerprint density at radius 1 is 1.12 bits per heavy atom. The molecular weight excluding hydrogens is 646 g/mol. The van der Waals surface area contributed by atoms with Crippen molar-refractivity contribution in [1.29, 1.82) is 0 Å². The van der Waals surface area contributed by atoms with Crippen LogP contribution in [-0.4, -0.2) is 58.5 Å². The molecule has 3 aliphatic rings. The van der Waals surface area contributed by atoms with Gasteiger partial charge >= 0.3 is 6.16 Å². The molecular formula is C36H39N5O9. The lowest BCUT2D eigenvalue weighted by Gasteiger charge is -2.32. The lowest BCUT2D eigenvalue weighted by atomic mass is 9.72. The van der Waals surface area contributed by atoms with Crippen molar-refractivity contribution in [2.45, 2.75) is 77.5 Å². The van der Waals surface area contributed by atoms with Crippen LogP contribution in [0.4, 0.5) is 10.5 Å². The Bertz CT molecular complexity index is 1980. The molecule has 0 saturated heterocycles. The minimum absolute atomic E-state index is 0.0993. The monoisotopic (exact) mass is 685 g/mol. The number of carbonyl (C=O) groups excluding carboxylic acids is 3. The van der Waals surface area contributed by atoms with E-state index in [1.165, 1.54) is 13.4 Å². The molecule has 0 fully saturated rings. The van der Waals surface area contributed by atoms with Gasteiger partial charge in [-0.1, -0.05) is 65.0 Å². The fourth-order valence-electron chi connectivity index (χ4n) is 6.80. The molecule has 1 spiro atoms. The summed E-state index contributed by atoms with van der Waals surface area (Å²) in [6.45, 7) is 9.05. The van der Waals surface area contributed by atoms with E-state index in [1.54, 1.807) is 13.8 Å². The summed E-state index contributed by atoms with van der Waals surface area (Å²) in [6.07, 6.45) is -1.34. The van der Waals surface area contributed by atoms with Gasteiger partial charge in [0.05, 0.1) is 7.11 Å². The van der Waals surface area contributed by atoms with E-state index in [0.29, 0.717) is 17.2 Å². The number of nitrogens with zero attached hydrogens (tertiary/aromatic N) is 2. The number of rotatable bonds is 6. The molecule has 4 aromatic rings. The Labute approximate surface area is 287 Å². The lowest BCUT2D eigenvalue weighted by molar-refractivity contribution is -0.136. The summed E-state index contributed by atoms with van der Waals surface area (Å²) in [4.78, 5) is 48.5. The van der Waals surface area contributed by atoms with E-state index < -0.39 is 53.2 Å². The largest absolute Gasteiger partial charge is 0.508 e. The fraction of sp³-hybridized carbons (Fsp3) is 0.417. The third-order valence-electron chi connectivity index (χ3n) is 9.38. The van der Waals surface area contributed by atoms with Crippen molar-refractivity contribution in [1.82, 2.24) is 20.6 Å². The van der Waals surface area contributed by atoms with E-state index in [9.17, 15) is 19.5 Å². The predicted octanol–water partition coefficient (Wildman–Crippen LogP) is 4.35. The Kier molecular flexibility index (Phi) is 8.08. The van der Waals surface area contributed by atoms with E-state index in [4.69, 9.17) is 23.3 Å². The second-order valence-corrected chi connectivity index (χ2v) is 14.2. The van der Waals surface area contributed by atoms with E-state index >= 15 is 0 Å².